The largest absolute Gasteiger partial charge is 0.455 e. The van der Waals surface area contributed by atoms with E-state index in [0.29, 0.717) is 0 Å². The van der Waals surface area contributed by atoms with Gasteiger partial charge in [-0.15, -0.1) is 0 Å². The Bertz CT molecular complexity index is 3080. The molecule has 266 valence electrons. The topological polar surface area (TPSA) is 54.8 Å². The molecule has 7 aromatic carbocycles. The summed E-state index contributed by atoms with van der Waals surface area (Å²) < 4.78 is 9.41. The lowest BCUT2D eigenvalue weighted by Gasteiger charge is -2.28. The Balaban J connectivity index is 1.08. The smallest absolute Gasteiger partial charge is 0.159 e. The van der Waals surface area contributed by atoms with Crippen LogP contribution in [0.4, 0.5) is 0 Å². The Morgan fingerprint density at radius 2 is 1.21 bits per heavy atom. The molecule has 2 aromatic heterocycles. The summed E-state index contributed by atoms with van der Waals surface area (Å²) in [6.07, 6.45) is 9.39. The normalized spacial score (nSPS) is 16.7. The summed E-state index contributed by atoms with van der Waals surface area (Å²) in [6, 6.07) is 57.9. The van der Waals surface area contributed by atoms with Crippen molar-refractivity contribution in [3.63, 3.8) is 0 Å². The fourth-order valence-corrected chi connectivity index (χ4v) is 8.54. The van der Waals surface area contributed by atoms with Crippen LogP contribution < -0.4 is 5.32 Å². The van der Waals surface area contributed by atoms with Gasteiger partial charge in [0.15, 0.2) is 5.84 Å². The van der Waals surface area contributed by atoms with E-state index in [9.17, 15) is 0 Å². The third-order valence-electron chi connectivity index (χ3n) is 11.2. The van der Waals surface area contributed by atoms with Crippen molar-refractivity contribution < 1.29 is 4.42 Å². The van der Waals surface area contributed by atoms with Gasteiger partial charge in [0.25, 0.3) is 0 Å². The average molecular weight is 721 g/mol. The summed E-state index contributed by atoms with van der Waals surface area (Å²) in [5.74, 6) is 1.69. The quantitative estimate of drug-likeness (QED) is 0.186. The summed E-state index contributed by atoms with van der Waals surface area (Å²) in [7, 11) is 0. The van der Waals surface area contributed by atoms with E-state index >= 15 is 0 Å². The monoisotopic (exact) mass is 720 g/mol. The minimum absolute atomic E-state index is 0.166. The molecule has 56 heavy (non-hydrogen) atoms. The molecule has 9 aromatic rings. The second-order valence-electron chi connectivity index (χ2n) is 14.5. The summed E-state index contributed by atoms with van der Waals surface area (Å²) in [4.78, 5) is 10.3. The zero-order chi connectivity index (χ0) is 37.0. The van der Waals surface area contributed by atoms with Gasteiger partial charge < -0.3 is 14.3 Å². The van der Waals surface area contributed by atoms with E-state index in [1.165, 1.54) is 27.4 Å². The van der Waals surface area contributed by atoms with Crippen molar-refractivity contribution in [2.24, 2.45) is 15.9 Å². The molecule has 0 radical (unpaired) electrons. The molecule has 0 amide bonds. The molecular formula is C51H36N4O. The van der Waals surface area contributed by atoms with Gasteiger partial charge >= 0.3 is 0 Å². The number of furan rings is 1. The van der Waals surface area contributed by atoms with Gasteiger partial charge in [-0.25, -0.2) is 9.98 Å². The zero-order valence-corrected chi connectivity index (χ0v) is 30.5. The molecule has 3 heterocycles. The number of hydrogen-bond donors (Lipinski definition) is 1. The third-order valence-corrected chi connectivity index (χ3v) is 11.2. The van der Waals surface area contributed by atoms with Crippen LogP contribution in [0.15, 0.2) is 202 Å². The number of aromatic nitrogens is 1. The van der Waals surface area contributed by atoms with Crippen LogP contribution in [-0.4, -0.2) is 22.4 Å². The SMILES string of the molecule is C1=CCC(C2N=C(c3ccccc3)N=C(c3cccc4c3oc3c(-c5ccc6c(c5)c5cccc(-c7ccccc7)c5n6-c5ccccc5)cccc34)N2)C=C1. The minimum atomic E-state index is -0.166. The Hall–Kier alpha value is -7.24. The fraction of sp³-hybridized carbons (Fsp3) is 0.0588. The number of nitrogens with one attached hydrogen (secondary N) is 1. The van der Waals surface area contributed by atoms with E-state index in [4.69, 9.17) is 14.4 Å². The van der Waals surface area contributed by atoms with E-state index in [1.807, 2.05) is 18.2 Å². The molecule has 0 spiro atoms. The second kappa shape index (κ2) is 13.3. The Morgan fingerprint density at radius 1 is 0.554 bits per heavy atom. The first kappa shape index (κ1) is 32.2. The van der Waals surface area contributed by atoms with E-state index in [-0.39, 0.29) is 12.1 Å². The number of para-hydroxylation sites is 4. The molecule has 2 unspecified atom stereocenters. The summed E-state index contributed by atoms with van der Waals surface area (Å²) >= 11 is 0. The van der Waals surface area contributed by atoms with Gasteiger partial charge in [0, 0.05) is 49.8 Å². The molecule has 1 N–H and O–H groups in total. The van der Waals surface area contributed by atoms with Crippen LogP contribution in [0.3, 0.4) is 0 Å². The zero-order valence-electron chi connectivity index (χ0n) is 30.5. The number of aliphatic imine (C=N–C) groups is 2. The molecule has 1 aliphatic carbocycles. The van der Waals surface area contributed by atoms with Gasteiger partial charge in [-0.1, -0.05) is 158 Å². The number of nitrogens with zero attached hydrogens (tertiary/aromatic N) is 3. The maximum atomic E-state index is 7.00. The molecular weight excluding hydrogens is 685 g/mol. The number of rotatable bonds is 6. The number of fused-ring (bicyclic) bond motifs is 6. The van der Waals surface area contributed by atoms with Gasteiger partial charge in [0.1, 0.15) is 23.2 Å². The first-order valence-electron chi connectivity index (χ1n) is 19.2. The van der Waals surface area contributed by atoms with Crippen LogP contribution in [0.5, 0.6) is 0 Å². The van der Waals surface area contributed by atoms with E-state index in [2.05, 4.69) is 180 Å². The minimum Gasteiger partial charge on any atom is -0.455 e. The number of benzene rings is 7. The highest BCUT2D eigenvalue weighted by Gasteiger charge is 2.28. The number of allylic oxidation sites excluding steroid dienone is 3. The third kappa shape index (κ3) is 5.31. The summed E-state index contributed by atoms with van der Waals surface area (Å²) in [6.45, 7) is 0. The van der Waals surface area contributed by atoms with Crippen molar-refractivity contribution in [1.29, 1.82) is 0 Å². The molecule has 0 bridgehead atoms. The van der Waals surface area contributed by atoms with Crippen molar-refractivity contribution in [3.05, 3.63) is 199 Å². The highest BCUT2D eigenvalue weighted by Crippen LogP contribution is 2.42. The van der Waals surface area contributed by atoms with Crippen molar-refractivity contribution in [1.82, 2.24) is 9.88 Å². The lowest BCUT2D eigenvalue weighted by Crippen LogP contribution is -2.43. The lowest BCUT2D eigenvalue weighted by atomic mass is 9.96. The maximum absolute atomic E-state index is 7.00. The first-order chi connectivity index (χ1) is 27.8. The Morgan fingerprint density at radius 3 is 1.95 bits per heavy atom. The summed E-state index contributed by atoms with van der Waals surface area (Å²) in [5, 5.41) is 8.24. The Kier molecular flexibility index (Phi) is 7.62. The average Bonchev–Trinajstić information content (AvgIpc) is 3.83. The molecule has 1 aliphatic heterocycles. The van der Waals surface area contributed by atoms with Crippen LogP contribution in [0.1, 0.15) is 17.5 Å². The standard InChI is InChI=1S/C51H36N4O/c1-5-16-33(17-6-1)38-24-13-26-40-44-32-36(30-31-45(44)55(46(38)40)37-22-11-4-12-23-37)39-25-14-27-41-42-28-15-29-43(48(42)56-47(39)41)51-53-49(34-18-7-2-8-19-34)52-50(54-51)35-20-9-3-10-21-35/h1-20,22-32,35,50H,21H2,(H,52,53,54). The molecule has 5 nitrogen and oxygen atoms in total. The molecule has 0 saturated carbocycles. The number of amidine groups is 2. The highest BCUT2D eigenvalue weighted by atomic mass is 16.3. The second-order valence-corrected chi connectivity index (χ2v) is 14.5. The van der Waals surface area contributed by atoms with Gasteiger partial charge in [-0.05, 0) is 47.9 Å². The van der Waals surface area contributed by atoms with Crippen LogP contribution >= 0.6 is 0 Å². The fourth-order valence-electron chi connectivity index (χ4n) is 8.54. The van der Waals surface area contributed by atoms with Crippen LogP contribution in [0, 0.1) is 5.92 Å². The Labute approximate surface area is 324 Å². The molecule has 2 atom stereocenters. The van der Waals surface area contributed by atoms with Gasteiger partial charge in [-0.2, -0.15) is 0 Å². The van der Waals surface area contributed by atoms with Crippen LogP contribution in [-0.2, 0) is 0 Å². The highest BCUT2D eigenvalue weighted by molar-refractivity contribution is 6.21. The van der Waals surface area contributed by atoms with Gasteiger partial charge in [-0.3, -0.25) is 0 Å². The van der Waals surface area contributed by atoms with Crippen molar-refractivity contribution >= 4 is 55.4 Å². The van der Waals surface area contributed by atoms with Gasteiger partial charge in [0.05, 0.1) is 16.6 Å². The van der Waals surface area contributed by atoms with Crippen molar-refractivity contribution in [2.45, 2.75) is 12.6 Å². The molecule has 11 rings (SSSR count). The van der Waals surface area contributed by atoms with E-state index in [1.54, 1.807) is 0 Å². The molecule has 0 fully saturated rings. The predicted molar refractivity (Wildman–Crippen MR) is 232 cm³/mol. The predicted octanol–water partition coefficient (Wildman–Crippen LogP) is 12.3. The molecule has 5 heteroatoms. The van der Waals surface area contributed by atoms with Crippen LogP contribution in [0.25, 0.3) is 71.7 Å². The van der Waals surface area contributed by atoms with Gasteiger partial charge in [0.2, 0.25) is 0 Å². The maximum Gasteiger partial charge on any atom is 0.159 e. The lowest BCUT2D eigenvalue weighted by molar-refractivity contribution is 0.475. The van der Waals surface area contributed by atoms with E-state index in [0.717, 1.165) is 73.5 Å². The van der Waals surface area contributed by atoms with E-state index < -0.39 is 0 Å². The number of hydrogen-bond acceptors (Lipinski definition) is 4. The molecule has 2 aliphatic rings. The van der Waals surface area contributed by atoms with Crippen LogP contribution in [0.2, 0.25) is 0 Å². The van der Waals surface area contributed by atoms with Crippen molar-refractivity contribution in [2.75, 3.05) is 0 Å². The molecule has 0 saturated heterocycles. The first-order valence-corrected chi connectivity index (χ1v) is 19.2. The van der Waals surface area contributed by atoms with Crippen molar-refractivity contribution in [3.8, 4) is 27.9 Å². The summed E-state index contributed by atoms with van der Waals surface area (Å²) in [5.41, 5.74) is 11.6.